The lowest BCUT2D eigenvalue weighted by molar-refractivity contribution is 0.112. The highest BCUT2D eigenvalue weighted by molar-refractivity contribution is 5.84. The maximum atomic E-state index is 11.3. The highest BCUT2D eigenvalue weighted by Crippen LogP contribution is 2.28. The van der Waals surface area contributed by atoms with Gasteiger partial charge in [-0.25, -0.2) is 0 Å². The molecule has 3 rings (SSSR count). The third kappa shape index (κ3) is 2.61. The van der Waals surface area contributed by atoms with Gasteiger partial charge in [0, 0.05) is 18.6 Å². The van der Waals surface area contributed by atoms with Crippen LogP contribution < -0.4 is 0 Å². The van der Waals surface area contributed by atoms with Gasteiger partial charge in [0.1, 0.15) is 11.4 Å². The molecule has 0 radical (unpaired) electrons. The summed E-state index contributed by atoms with van der Waals surface area (Å²) < 4.78 is 1.96. The van der Waals surface area contributed by atoms with E-state index in [9.17, 15) is 4.79 Å². The number of nitrogens with zero attached hydrogens (tertiary/aromatic N) is 4. The van der Waals surface area contributed by atoms with Crippen LogP contribution in [0.2, 0.25) is 0 Å². The Morgan fingerprint density at radius 3 is 2.60 bits per heavy atom. The Bertz CT molecular complexity index is 571. The highest BCUT2D eigenvalue weighted by Gasteiger charge is 2.19. The fraction of sp³-hybridized carbons (Fsp3) is 0.467. The first-order chi connectivity index (χ1) is 9.88. The summed E-state index contributed by atoms with van der Waals surface area (Å²) in [5, 5.41) is 4.60. The molecule has 5 nitrogen and oxygen atoms in total. The van der Waals surface area contributed by atoms with Crippen molar-refractivity contribution >= 4 is 6.29 Å². The van der Waals surface area contributed by atoms with Gasteiger partial charge in [0.15, 0.2) is 6.29 Å². The van der Waals surface area contributed by atoms with Crippen LogP contribution in [0.15, 0.2) is 24.8 Å². The second kappa shape index (κ2) is 5.94. The van der Waals surface area contributed by atoms with Crippen molar-refractivity contribution in [2.75, 3.05) is 0 Å². The third-order valence-electron chi connectivity index (χ3n) is 3.89. The summed E-state index contributed by atoms with van der Waals surface area (Å²) in [6.45, 7) is 0. The fourth-order valence-electron chi connectivity index (χ4n) is 2.82. The summed E-state index contributed by atoms with van der Waals surface area (Å²) in [5.74, 6) is 0. The van der Waals surface area contributed by atoms with Crippen molar-refractivity contribution in [1.82, 2.24) is 19.7 Å². The molecular weight excluding hydrogens is 252 g/mol. The van der Waals surface area contributed by atoms with E-state index in [1.165, 1.54) is 25.7 Å². The maximum Gasteiger partial charge on any atom is 0.153 e. The summed E-state index contributed by atoms with van der Waals surface area (Å²) in [6, 6.07) is 0.404. The van der Waals surface area contributed by atoms with Crippen LogP contribution in [0.3, 0.4) is 0 Å². The largest absolute Gasteiger partial charge is 0.298 e. The molecule has 2 aromatic heterocycles. The minimum atomic E-state index is 0.404. The number of aromatic nitrogens is 4. The van der Waals surface area contributed by atoms with E-state index < -0.39 is 0 Å². The second-order valence-electron chi connectivity index (χ2n) is 5.27. The Morgan fingerprint density at radius 2 is 1.95 bits per heavy atom. The summed E-state index contributed by atoms with van der Waals surface area (Å²) in [7, 11) is 0. The van der Waals surface area contributed by atoms with Crippen molar-refractivity contribution in [3.8, 4) is 11.4 Å². The standard InChI is InChI=1S/C15H18N4O/c20-11-12-10-19(13-5-3-1-2-4-6-13)18-15(12)14-9-16-7-8-17-14/h7-11,13H,1-6H2. The molecule has 0 N–H and O–H groups in total. The van der Waals surface area contributed by atoms with Crippen molar-refractivity contribution in [3.05, 3.63) is 30.4 Å². The number of hydrogen-bond donors (Lipinski definition) is 0. The van der Waals surface area contributed by atoms with E-state index in [0.717, 1.165) is 19.1 Å². The highest BCUT2D eigenvalue weighted by atomic mass is 16.1. The molecule has 104 valence electrons. The van der Waals surface area contributed by atoms with Crippen molar-refractivity contribution in [3.63, 3.8) is 0 Å². The maximum absolute atomic E-state index is 11.3. The molecule has 0 aromatic carbocycles. The van der Waals surface area contributed by atoms with Gasteiger partial charge in [0.05, 0.1) is 17.8 Å². The summed E-state index contributed by atoms with van der Waals surface area (Å²) in [5.41, 5.74) is 1.88. The van der Waals surface area contributed by atoms with Gasteiger partial charge >= 0.3 is 0 Å². The minimum absolute atomic E-state index is 0.404. The van der Waals surface area contributed by atoms with Gasteiger partial charge in [0.25, 0.3) is 0 Å². The molecule has 0 amide bonds. The van der Waals surface area contributed by atoms with Crippen LogP contribution >= 0.6 is 0 Å². The lowest BCUT2D eigenvalue weighted by Crippen LogP contribution is -2.08. The monoisotopic (exact) mass is 270 g/mol. The minimum Gasteiger partial charge on any atom is -0.298 e. The molecule has 1 aliphatic rings. The van der Waals surface area contributed by atoms with Crippen LogP contribution in [0, 0.1) is 0 Å². The fourth-order valence-corrected chi connectivity index (χ4v) is 2.82. The smallest absolute Gasteiger partial charge is 0.153 e. The van der Waals surface area contributed by atoms with Gasteiger partial charge < -0.3 is 0 Å². The van der Waals surface area contributed by atoms with E-state index >= 15 is 0 Å². The first kappa shape index (κ1) is 13.0. The molecule has 0 saturated heterocycles. The summed E-state index contributed by atoms with van der Waals surface area (Å²) in [6.07, 6.45) is 14.9. The molecule has 5 heteroatoms. The van der Waals surface area contributed by atoms with Crippen molar-refractivity contribution in [2.24, 2.45) is 0 Å². The quantitative estimate of drug-likeness (QED) is 0.635. The van der Waals surface area contributed by atoms with E-state index in [1.54, 1.807) is 18.6 Å². The Hall–Kier alpha value is -2.04. The Balaban J connectivity index is 1.94. The predicted octanol–water partition coefficient (Wildman–Crippen LogP) is 3.05. The molecule has 0 spiro atoms. The van der Waals surface area contributed by atoms with E-state index in [-0.39, 0.29) is 0 Å². The first-order valence-electron chi connectivity index (χ1n) is 7.19. The molecule has 1 fully saturated rings. The van der Waals surface area contributed by atoms with Crippen LogP contribution in [0.4, 0.5) is 0 Å². The van der Waals surface area contributed by atoms with Gasteiger partial charge in [-0.15, -0.1) is 0 Å². The molecule has 0 aliphatic heterocycles. The predicted molar refractivity (Wildman–Crippen MR) is 75.4 cm³/mol. The molecule has 0 bridgehead atoms. The van der Waals surface area contributed by atoms with Gasteiger partial charge in [-0.1, -0.05) is 25.7 Å². The molecule has 1 saturated carbocycles. The van der Waals surface area contributed by atoms with Crippen LogP contribution in [-0.4, -0.2) is 26.0 Å². The third-order valence-corrected chi connectivity index (χ3v) is 3.89. The average Bonchev–Trinajstić information content (AvgIpc) is 2.75. The van der Waals surface area contributed by atoms with Gasteiger partial charge in [0.2, 0.25) is 0 Å². The zero-order chi connectivity index (χ0) is 13.8. The van der Waals surface area contributed by atoms with Crippen LogP contribution in [0.25, 0.3) is 11.4 Å². The Morgan fingerprint density at radius 1 is 1.15 bits per heavy atom. The normalized spacial score (nSPS) is 16.8. The zero-order valence-electron chi connectivity index (χ0n) is 11.4. The topological polar surface area (TPSA) is 60.7 Å². The van der Waals surface area contributed by atoms with E-state index in [2.05, 4.69) is 15.1 Å². The Labute approximate surface area is 118 Å². The summed E-state index contributed by atoms with van der Waals surface area (Å²) in [4.78, 5) is 19.5. The van der Waals surface area contributed by atoms with Gasteiger partial charge in [-0.2, -0.15) is 5.10 Å². The lowest BCUT2D eigenvalue weighted by atomic mass is 10.1. The summed E-state index contributed by atoms with van der Waals surface area (Å²) >= 11 is 0. The molecule has 0 unspecified atom stereocenters. The number of aldehydes is 1. The molecule has 2 heterocycles. The zero-order valence-corrected chi connectivity index (χ0v) is 11.4. The Kier molecular flexibility index (Phi) is 3.85. The number of rotatable bonds is 3. The van der Waals surface area contributed by atoms with Crippen LogP contribution in [-0.2, 0) is 0 Å². The van der Waals surface area contributed by atoms with Crippen LogP contribution in [0.5, 0.6) is 0 Å². The van der Waals surface area contributed by atoms with Gasteiger partial charge in [-0.3, -0.25) is 19.4 Å². The van der Waals surface area contributed by atoms with E-state index in [4.69, 9.17) is 0 Å². The first-order valence-corrected chi connectivity index (χ1v) is 7.19. The number of hydrogen-bond acceptors (Lipinski definition) is 4. The van der Waals surface area contributed by atoms with Crippen LogP contribution in [0.1, 0.15) is 54.9 Å². The number of carbonyl (C=O) groups excluding carboxylic acids is 1. The molecule has 0 atom stereocenters. The number of carbonyl (C=O) groups is 1. The molecule has 2 aromatic rings. The second-order valence-corrected chi connectivity index (χ2v) is 5.27. The molecule has 20 heavy (non-hydrogen) atoms. The van der Waals surface area contributed by atoms with E-state index in [1.807, 2.05) is 10.9 Å². The van der Waals surface area contributed by atoms with Crippen molar-refractivity contribution in [2.45, 2.75) is 44.6 Å². The van der Waals surface area contributed by atoms with E-state index in [0.29, 0.717) is 23.0 Å². The molecular formula is C15H18N4O. The van der Waals surface area contributed by atoms with Gasteiger partial charge in [-0.05, 0) is 12.8 Å². The molecule has 1 aliphatic carbocycles. The van der Waals surface area contributed by atoms with Crippen molar-refractivity contribution in [1.29, 1.82) is 0 Å². The SMILES string of the molecule is O=Cc1cn(C2CCCCCC2)nc1-c1cnccn1. The van der Waals surface area contributed by atoms with Crippen molar-refractivity contribution < 1.29 is 4.79 Å². The average molecular weight is 270 g/mol. The lowest BCUT2D eigenvalue weighted by Gasteiger charge is -2.14.